The van der Waals surface area contributed by atoms with Gasteiger partial charge in [-0.05, 0) is 30.3 Å². The molecule has 4 rings (SSSR count). The highest BCUT2D eigenvalue weighted by molar-refractivity contribution is 7.21. The largest absolute Gasteiger partial charge is 0.493 e. The highest BCUT2D eigenvalue weighted by Gasteiger charge is 2.26. The Morgan fingerprint density at radius 1 is 1.25 bits per heavy atom. The van der Waals surface area contributed by atoms with Gasteiger partial charge in [0.15, 0.2) is 17.3 Å². The number of pyridine rings is 1. The first kappa shape index (κ1) is 18.7. The molecule has 0 atom stereocenters. The zero-order valence-corrected chi connectivity index (χ0v) is 17.3. The van der Waals surface area contributed by atoms with Gasteiger partial charge >= 0.3 is 0 Å². The van der Waals surface area contributed by atoms with Crippen molar-refractivity contribution in [3.8, 4) is 22.6 Å². The van der Waals surface area contributed by atoms with Gasteiger partial charge in [0.25, 0.3) is 0 Å². The Balaban J connectivity index is 2.08. The van der Waals surface area contributed by atoms with Crippen LogP contribution in [0.4, 0.5) is 5.69 Å². The molecule has 2 N–H and O–H groups in total. The van der Waals surface area contributed by atoms with Gasteiger partial charge in [0.1, 0.15) is 4.83 Å². The van der Waals surface area contributed by atoms with E-state index in [-0.39, 0.29) is 5.78 Å². The zero-order valence-electron chi connectivity index (χ0n) is 16.5. The fraction of sp³-hybridized carbons (Fsp3) is 0.333. The van der Waals surface area contributed by atoms with Gasteiger partial charge in [-0.2, -0.15) is 0 Å². The van der Waals surface area contributed by atoms with Crippen molar-refractivity contribution in [2.45, 2.75) is 19.9 Å². The van der Waals surface area contributed by atoms with Crippen LogP contribution in [0.5, 0.6) is 11.5 Å². The third-order valence-corrected chi connectivity index (χ3v) is 6.41. The number of ketones is 1. The van der Waals surface area contributed by atoms with E-state index in [9.17, 15) is 4.79 Å². The van der Waals surface area contributed by atoms with Gasteiger partial charge in [-0.3, -0.25) is 4.79 Å². The SMILES string of the molecule is COc1ccc(-c2c3c(nc4sc(C(C)=O)c(N)c24)CCN(C)C3)cc1OC. The fourth-order valence-corrected chi connectivity index (χ4v) is 4.85. The molecule has 0 spiro atoms. The number of fused-ring (bicyclic) bond motifs is 2. The number of likely N-dealkylation sites (N-methyl/N-ethyl adjacent to an activating group) is 1. The van der Waals surface area contributed by atoms with Crippen molar-refractivity contribution in [1.82, 2.24) is 9.88 Å². The summed E-state index contributed by atoms with van der Waals surface area (Å²) in [4.78, 5) is 20.6. The van der Waals surface area contributed by atoms with E-state index in [1.807, 2.05) is 18.2 Å². The summed E-state index contributed by atoms with van der Waals surface area (Å²) in [5.74, 6) is 1.29. The lowest BCUT2D eigenvalue weighted by Gasteiger charge is -2.27. The second-order valence-corrected chi connectivity index (χ2v) is 8.05. The average molecular weight is 398 g/mol. The number of aromatic nitrogens is 1. The number of nitrogen functional groups attached to an aromatic ring is 1. The lowest BCUT2D eigenvalue weighted by molar-refractivity contribution is 0.102. The van der Waals surface area contributed by atoms with Crippen LogP contribution in [-0.2, 0) is 13.0 Å². The summed E-state index contributed by atoms with van der Waals surface area (Å²) in [5, 5.41) is 0.858. The number of carbonyl (C=O) groups is 1. The number of carbonyl (C=O) groups excluding carboxylic acids is 1. The van der Waals surface area contributed by atoms with E-state index in [4.69, 9.17) is 20.2 Å². The first-order valence-corrected chi connectivity index (χ1v) is 9.91. The van der Waals surface area contributed by atoms with Gasteiger partial charge in [0, 0.05) is 43.1 Å². The molecule has 0 unspecified atom stereocenters. The lowest BCUT2D eigenvalue weighted by atomic mass is 9.92. The molecular formula is C21H23N3O3S. The Bertz CT molecular complexity index is 1090. The summed E-state index contributed by atoms with van der Waals surface area (Å²) >= 11 is 1.38. The number of anilines is 1. The number of nitrogens with zero attached hydrogens (tertiary/aromatic N) is 2. The molecule has 0 radical (unpaired) electrons. The Labute approximate surface area is 167 Å². The van der Waals surface area contributed by atoms with E-state index in [2.05, 4.69) is 11.9 Å². The second-order valence-electron chi connectivity index (χ2n) is 7.05. The Morgan fingerprint density at radius 2 is 2.00 bits per heavy atom. The van der Waals surface area contributed by atoms with Crippen molar-refractivity contribution in [1.29, 1.82) is 0 Å². The van der Waals surface area contributed by atoms with Crippen LogP contribution in [0, 0.1) is 0 Å². The predicted molar refractivity (Wildman–Crippen MR) is 113 cm³/mol. The van der Waals surface area contributed by atoms with E-state index < -0.39 is 0 Å². The number of methoxy groups -OCH3 is 2. The summed E-state index contributed by atoms with van der Waals surface area (Å²) in [5.41, 5.74) is 11.2. The zero-order chi connectivity index (χ0) is 20.0. The maximum atomic E-state index is 12.1. The Morgan fingerprint density at radius 3 is 2.68 bits per heavy atom. The highest BCUT2D eigenvalue weighted by Crippen LogP contribution is 2.45. The van der Waals surface area contributed by atoms with Crippen molar-refractivity contribution in [3.63, 3.8) is 0 Å². The van der Waals surface area contributed by atoms with E-state index in [1.54, 1.807) is 21.1 Å². The van der Waals surface area contributed by atoms with Crippen LogP contribution in [0.2, 0.25) is 0 Å². The van der Waals surface area contributed by atoms with Crippen LogP contribution in [0.3, 0.4) is 0 Å². The summed E-state index contributed by atoms with van der Waals surface area (Å²) in [6.45, 7) is 3.29. The quantitative estimate of drug-likeness (QED) is 0.676. The predicted octanol–water partition coefficient (Wildman–Crippen LogP) is 3.75. The molecule has 0 amide bonds. The highest BCUT2D eigenvalue weighted by atomic mass is 32.1. The summed E-state index contributed by atoms with van der Waals surface area (Å²) in [6.07, 6.45) is 0.870. The molecule has 1 aliphatic rings. The molecule has 6 nitrogen and oxygen atoms in total. The molecule has 0 saturated heterocycles. The van der Waals surface area contributed by atoms with Crippen molar-refractivity contribution in [3.05, 3.63) is 34.3 Å². The monoisotopic (exact) mass is 397 g/mol. The number of thiophene rings is 1. The maximum Gasteiger partial charge on any atom is 0.171 e. The van der Waals surface area contributed by atoms with Gasteiger partial charge in [0.05, 0.1) is 24.8 Å². The molecule has 1 aliphatic heterocycles. The van der Waals surface area contributed by atoms with E-state index in [0.29, 0.717) is 22.1 Å². The van der Waals surface area contributed by atoms with Crippen molar-refractivity contribution in [2.24, 2.45) is 0 Å². The first-order chi connectivity index (χ1) is 13.4. The molecule has 0 fully saturated rings. The number of Topliss-reactive ketones (excluding diaryl/α,β-unsaturated/α-hetero) is 1. The van der Waals surface area contributed by atoms with Gasteiger partial charge in [0.2, 0.25) is 0 Å². The van der Waals surface area contributed by atoms with Crippen molar-refractivity contribution in [2.75, 3.05) is 33.5 Å². The van der Waals surface area contributed by atoms with Crippen LogP contribution >= 0.6 is 11.3 Å². The molecule has 0 saturated carbocycles. The van der Waals surface area contributed by atoms with Gasteiger partial charge < -0.3 is 20.1 Å². The number of hydrogen-bond acceptors (Lipinski definition) is 7. The molecule has 0 aliphatic carbocycles. The first-order valence-electron chi connectivity index (χ1n) is 9.10. The third kappa shape index (κ3) is 2.91. The van der Waals surface area contributed by atoms with E-state index >= 15 is 0 Å². The Hall–Kier alpha value is -2.64. The number of nitrogens with two attached hydrogens (primary N) is 1. The smallest absolute Gasteiger partial charge is 0.171 e. The molecule has 0 bridgehead atoms. The van der Waals surface area contributed by atoms with Crippen molar-refractivity contribution >= 4 is 33.0 Å². The summed E-state index contributed by atoms with van der Waals surface area (Å²) in [7, 11) is 5.35. The molecule has 3 aromatic rings. The molecule has 2 aromatic heterocycles. The second kappa shape index (κ2) is 7.07. The van der Waals surface area contributed by atoms with Crippen LogP contribution in [-0.4, -0.2) is 43.5 Å². The minimum atomic E-state index is -0.0335. The minimum Gasteiger partial charge on any atom is -0.493 e. The number of rotatable bonds is 4. The molecule has 7 heteroatoms. The minimum absolute atomic E-state index is 0.0335. The van der Waals surface area contributed by atoms with Crippen LogP contribution in [0.1, 0.15) is 27.9 Å². The Kier molecular flexibility index (Phi) is 4.72. The number of ether oxygens (including phenoxy) is 2. The molecular weight excluding hydrogens is 374 g/mol. The number of hydrogen-bond donors (Lipinski definition) is 1. The molecule has 28 heavy (non-hydrogen) atoms. The fourth-order valence-electron chi connectivity index (χ4n) is 3.83. The van der Waals surface area contributed by atoms with Crippen molar-refractivity contribution < 1.29 is 14.3 Å². The standard InChI is InChI=1S/C21H23N3O3S/c1-11(25)20-19(22)18-17(12-5-6-15(26-3)16(9-12)27-4)13-10-24(2)8-7-14(13)23-21(18)28-20/h5-6,9H,7-8,10,22H2,1-4H3. The normalized spacial score (nSPS) is 14.1. The van der Waals surface area contributed by atoms with Crippen LogP contribution in [0.25, 0.3) is 21.3 Å². The average Bonchev–Trinajstić information content (AvgIpc) is 3.02. The lowest BCUT2D eigenvalue weighted by Crippen LogP contribution is -2.27. The third-order valence-electron chi connectivity index (χ3n) is 5.21. The molecule has 3 heterocycles. The summed E-state index contributed by atoms with van der Waals surface area (Å²) < 4.78 is 10.9. The van der Waals surface area contributed by atoms with E-state index in [0.717, 1.165) is 52.1 Å². The van der Waals surface area contributed by atoms with E-state index in [1.165, 1.54) is 11.3 Å². The van der Waals surface area contributed by atoms with Crippen LogP contribution < -0.4 is 15.2 Å². The van der Waals surface area contributed by atoms with Gasteiger partial charge in [-0.15, -0.1) is 11.3 Å². The molecule has 1 aromatic carbocycles. The number of benzene rings is 1. The van der Waals surface area contributed by atoms with Gasteiger partial charge in [-0.1, -0.05) is 6.07 Å². The molecule has 146 valence electrons. The van der Waals surface area contributed by atoms with Crippen LogP contribution in [0.15, 0.2) is 18.2 Å². The summed E-state index contributed by atoms with van der Waals surface area (Å²) in [6, 6.07) is 5.87. The van der Waals surface area contributed by atoms with Gasteiger partial charge in [-0.25, -0.2) is 4.98 Å². The topological polar surface area (TPSA) is 77.7 Å². The maximum absolute atomic E-state index is 12.1.